The zero-order valence-electron chi connectivity index (χ0n) is 14.0. The van der Waals surface area contributed by atoms with E-state index in [0.717, 1.165) is 45.3 Å². The summed E-state index contributed by atoms with van der Waals surface area (Å²) in [6.07, 6.45) is 4.22. The highest BCUT2D eigenvalue weighted by molar-refractivity contribution is 5.84. The van der Waals surface area contributed by atoms with Gasteiger partial charge in [-0.25, -0.2) is 4.99 Å². The molecule has 0 spiro atoms. The molecule has 1 heterocycles. The second-order valence-corrected chi connectivity index (χ2v) is 6.14. The Kier molecular flexibility index (Phi) is 6.91. The fraction of sp³-hybridized carbons (Fsp3) is 0.556. The maximum Gasteiger partial charge on any atom is 0.244 e. The van der Waals surface area contributed by atoms with Gasteiger partial charge in [-0.2, -0.15) is 0 Å². The van der Waals surface area contributed by atoms with Gasteiger partial charge in [0, 0.05) is 19.6 Å². The maximum absolute atomic E-state index is 12.2. The molecule has 5 heteroatoms. The van der Waals surface area contributed by atoms with Crippen LogP contribution in [0.3, 0.4) is 0 Å². The van der Waals surface area contributed by atoms with Crippen molar-refractivity contribution in [1.29, 1.82) is 0 Å². The number of aliphatic imine (C=N–C) groups is 1. The molecule has 0 atom stereocenters. The number of benzene rings is 1. The number of nitrogens with zero attached hydrogens (tertiary/aromatic N) is 2. The Morgan fingerprint density at radius 3 is 2.65 bits per heavy atom. The summed E-state index contributed by atoms with van der Waals surface area (Å²) in [5, 5.41) is 2.98. The fourth-order valence-electron chi connectivity index (χ4n) is 2.90. The van der Waals surface area contributed by atoms with E-state index >= 15 is 0 Å². The zero-order chi connectivity index (χ0) is 16.5. The summed E-state index contributed by atoms with van der Waals surface area (Å²) in [5.41, 5.74) is 7.10. The minimum absolute atomic E-state index is 0.0735. The van der Waals surface area contributed by atoms with Crippen molar-refractivity contribution in [3.05, 3.63) is 35.9 Å². The monoisotopic (exact) mass is 316 g/mol. The van der Waals surface area contributed by atoms with Gasteiger partial charge in [-0.15, -0.1) is 0 Å². The zero-order valence-corrected chi connectivity index (χ0v) is 14.0. The molecule has 0 unspecified atom stereocenters. The Morgan fingerprint density at radius 1 is 1.30 bits per heavy atom. The molecule has 0 radical (unpaired) electrons. The molecule has 1 aromatic rings. The van der Waals surface area contributed by atoms with Crippen molar-refractivity contribution in [2.75, 3.05) is 26.2 Å². The van der Waals surface area contributed by atoms with Crippen LogP contribution in [0.15, 0.2) is 35.3 Å². The number of nitrogens with two attached hydrogens (primary N) is 1. The molecule has 1 saturated heterocycles. The van der Waals surface area contributed by atoms with Crippen LogP contribution in [0.1, 0.15) is 31.7 Å². The van der Waals surface area contributed by atoms with Gasteiger partial charge in [-0.1, -0.05) is 37.3 Å². The van der Waals surface area contributed by atoms with Crippen LogP contribution in [0.2, 0.25) is 0 Å². The number of likely N-dealkylation sites (tertiary alicyclic amines) is 1. The number of rotatable bonds is 6. The molecular weight excluding hydrogens is 288 g/mol. The standard InChI is InChI=1S/C18H28N4O/c1-2-10-20-18(19)21-14-17(23)22-11-8-16(9-12-22)13-15-6-4-3-5-7-15/h3-7,16H,2,8-14H2,1H3,(H3,19,20,21). The Bertz CT molecular complexity index is 507. The van der Waals surface area contributed by atoms with E-state index in [2.05, 4.69) is 41.5 Å². The van der Waals surface area contributed by atoms with Crippen molar-refractivity contribution in [2.24, 2.45) is 16.6 Å². The van der Waals surface area contributed by atoms with E-state index < -0.39 is 0 Å². The SMILES string of the molecule is CCCNC(N)=NCC(=O)N1CCC(Cc2ccccc2)CC1. The molecule has 1 fully saturated rings. The number of carbonyl (C=O) groups is 1. The number of piperidine rings is 1. The first kappa shape index (κ1) is 17.3. The lowest BCUT2D eigenvalue weighted by molar-refractivity contribution is -0.130. The van der Waals surface area contributed by atoms with Crippen LogP contribution in [0.5, 0.6) is 0 Å². The molecular formula is C18H28N4O. The molecule has 1 aliphatic rings. The lowest BCUT2D eigenvalue weighted by Crippen LogP contribution is -2.41. The molecule has 5 nitrogen and oxygen atoms in total. The van der Waals surface area contributed by atoms with Crippen molar-refractivity contribution in [3.8, 4) is 0 Å². The first-order chi connectivity index (χ1) is 11.2. The molecule has 0 bridgehead atoms. The average Bonchev–Trinajstić information content (AvgIpc) is 2.59. The minimum Gasteiger partial charge on any atom is -0.370 e. The summed E-state index contributed by atoms with van der Waals surface area (Å²) in [5.74, 6) is 1.10. The number of carbonyl (C=O) groups excluding carboxylic acids is 1. The highest BCUT2D eigenvalue weighted by Gasteiger charge is 2.22. The largest absolute Gasteiger partial charge is 0.370 e. The van der Waals surface area contributed by atoms with Gasteiger partial charge in [-0.05, 0) is 37.2 Å². The summed E-state index contributed by atoms with van der Waals surface area (Å²) in [7, 11) is 0. The Morgan fingerprint density at radius 2 is 2.00 bits per heavy atom. The average molecular weight is 316 g/mol. The van der Waals surface area contributed by atoms with Gasteiger partial charge in [0.25, 0.3) is 0 Å². The number of guanidine groups is 1. The smallest absolute Gasteiger partial charge is 0.244 e. The predicted molar refractivity (Wildman–Crippen MR) is 94.2 cm³/mol. The van der Waals surface area contributed by atoms with E-state index in [-0.39, 0.29) is 12.5 Å². The van der Waals surface area contributed by atoms with Crippen LogP contribution in [-0.2, 0) is 11.2 Å². The molecule has 3 N–H and O–H groups in total. The van der Waals surface area contributed by atoms with Gasteiger partial charge in [0.1, 0.15) is 6.54 Å². The van der Waals surface area contributed by atoms with Crippen molar-refractivity contribution in [3.63, 3.8) is 0 Å². The summed E-state index contributed by atoms with van der Waals surface area (Å²) in [6, 6.07) is 10.6. The van der Waals surface area contributed by atoms with Crippen LogP contribution in [0.4, 0.5) is 0 Å². The molecule has 1 aliphatic heterocycles. The van der Waals surface area contributed by atoms with Crippen LogP contribution in [0.25, 0.3) is 0 Å². The van der Waals surface area contributed by atoms with Crippen LogP contribution < -0.4 is 11.1 Å². The van der Waals surface area contributed by atoms with Crippen LogP contribution in [-0.4, -0.2) is 42.9 Å². The Balaban J connectivity index is 1.72. The summed E-state index contributed by atoms with van der Waals surface area (Å²) >= 11 is 0. The topological polar surface area (TPSA) is 70.7 Å². The molecule has 0 saturated carbocycles. The van der Waals surface area contributed by atoms with E-state index in [4.69, 9.17) is 5.73 Å². The summed E-state index contributed by atoms with van der Waals surface area (Å²) in [6.45, 7) is 4.65. The highest BCUT2D eigenvalue weighted by Crippen LogP contribution is 2.21. The van der Waals surface area contributed by atoms with Gasteiger partial charge in [0.05, 0.1) is 0 Å². The first-order valence-corrected chi connectivity index (χ1v) is 8.54. The number of hydrogen-bond donors (Lipinski definition) is 2. The van der Waals surface area contributed by atoms with Gasteiger partial charge < -0.3 is 16.0 Å². The Hall–Kier alpha value is -2.04. The minimum atomic E-state index is 0.0735. The first-order valence-electron chi connectivity index (χ1n) is 8.54. The van der Waals surface area contributed by atoms with Crippen LogP contribution >= 0.6 is 0 Å². The molecule has 0 aromatic heterocycles. The summed E-state index contributed by atoms with van der Waals surface area (Å²) < 4.78 is 0. The van der Waals surface area contributed by atoms with E-state index in [9.17, 15) is 4.79 Å². The van der Waals surface area contributed by atoms with E-state index in [1.807, 2.05) is 11.0 Å². The molecule has 1 aromatic carbocycles. The van der Waals surface area contributed by atoms with Crippen molar-refractivity contribution in [1.82, 2.24) is 10.2 Å². The quantitative estimate of drug-likeness (QED) is 0.621. The lowest BCUT2D eigenvalue weighted by Gasteiger charge is -2.31. The Labute approximate surface area is 139 Å². The van der Waals surface area contributed by atoms with E-state index in [1.165, 1.54) is 5.56 Å². The molecule has 126 valence electrons. The molecule has 2 rings (SSSR count). The predicted octanol–water partition coefficient (Wildman–Crippen LogP) is 1.78. The molecule has 23 heavy (non-hydrogen) atoms. The maximum atomic E-state index is 12.2. The third-order valence-corrected chi connectivity index (χ3v) is 4.28. The molecule has 1 amide bonds. The van der Waals surface area contributed by atoms with Crippen LogP contribution in [0, 0.1) is 5.92 Å². The lowest BCUT2D eigenvalue weighted by atomic mass is 9.90. The van der Waals surface area contributed by atoms with Gasteiger partial charge >= 0.3 is 0 Å². The van der Waals surface area contributed by atoms with Crippen molar-refractivity contribution >= 4 is 11.9 Å². The number of nitrogens with one attached hydrogen (secondary N) is 1. The second-order valence-electron chi connectivity index (χ2n) is 6.14. The van der Waals surface area contributed by atoms with Crippen molar-refractivity contribution in [2.45, 2.75) is 32.6 Å². The summed E-state index contributed by atoms with van der Waals surface area (Å²) in [4.78, 5) is 18.2. The van der Waals surface area contributed by atoms with Gasteiger partial charge in [0.2, 0.25) is 5.91 Å². The fourth-order valence-corrected chi connectivity index (χ4v) is 2.90. The van der Waals surface area contributed by atoms with Crippen molar-refractivity contribution < 1.29 is 4.79 Å². The third-order valence-electron chi connectivity index (χ3n) is 4.28. The number of amides is 1. The normalized spacial score (nSPS) is 16.4. The van der Waals surface area contributed by atoms with Gasteiger partial charge in [0.15, 0.2) is 5.96 Å². The highest BCUT2D eigenvalue weighted by atomic mass is 16.2. The van der Waals surface area contributed by atoms with E-state index in [0.29, 0.717) is 11.9 Å². The van der Waals surface area contributed by atoms with E-state index in [1.54, 1.807) is 0 Å². The third kappa shape index (κ3) is 5.93. The van der Waals surface area contributed by atoms with Gasteiger partial charge in [-0.3, -0.25) is 4.79 Å². The molecule has 0 aliphatic carbocycles. The number of hydrogen-bond acceptors (Lipinski definition) is 2. The second kappa shape index (κ2) is 9.18.